The van der Waals surface area contributed by atoms with Crippen LogP contribution in [0, 0.1) is 11.8 Å². The average Bonchev–Trinajstić information content (AvgIpc) is 2.99. The number of carbonyl (C=O) groups excluding carboxylic acids is 1. The van der Waals surface area contributed by atoms with E-state index in [1.807, 2.05) is 4.90 Å². The van der Waals surface area contributed by atoms with Crippen molar-refractivity contribution in [1.29, 1.82) is 0 Å². The minimum absolute atomic E-state index is 0. The fraction of sp³-hybridized carbons (Fsp3) is 0.500. The average molecular weight is 299 g/mol. The van der Waals surface area contributed by atoms with Gasteiger partial charge in [0.25, 0.3) is 5.91 Å². The molecule has 0 radical (unpaired) electrons. The number of hydrogen-bond acceptors (Lipinski definition) is 4. The molecule has 2 atom stereocenters. The van der Waals surface area contributed by atoms with Gasteiger partial charge < -0.3 is 20.1 Å². The first-order valence-corrected chi connectivity index (χ1v) is 6.56. The van der Waals surface area contributed by atoms with Crippen molar-refractivity contribution >= 4 is 18.3 Å². The molecule has 0 unspecified atom stereocenters. The molecular weight excluding hydrogens is 280 g/mol. The van der Waals surface area contributed by atoms with Crippen LogP contribution in [0.25, 0.3) is 0 Å². The van der Waals surface area contributed by atoms with Gasteiger partial charge in [0.05, 0.1) is 12.7 Å². The number of carbonyl (C=O) groups is 1. The third-order valence-electron chi connectivity index (χ3n) is 4.11. The molecule has 1 aromatic carbocycles. The van der Waals surface area contributed by atoms with Crippen LogP contribution in [-0.2, 0) is 0 Å². The lowest BCUT2D eigenvalue weighted by Gasteiger charge is -2.18. The summed E-state index contributed by atoms with van der Waals surface area (Å²) in [5, 5.41) is 13.2. The number of rotatable bonds is 2. The van der Waals surface area contributed by atoms with Crippen molar-refractivity contribution in [3.05, 3.63) is 23.8 Å². The second kappa shape index (κ2) is 5.89. The predicted octanol–water partition coefficient (Wildman–Crippen LogP) is 1.11. The van der Waals surface area contributed by atoms with Crippen LogP contribution in [0.15, 0.2) is 18.2 Å². The van der Waals surface area contributed by atoms with Crippen molar-refractivity contribution < 1.29 is 14.6 Å². The molecule has 1 aromatic rings. The van der Waals surface area contributed by atoms with Gasteiger partial charge in [0.2, 0.25) is 0 Å². The van der Waals surface area contributed by atoms with Gasteiger partial charge in [-0.15, -0.1) is 12.4 Å². The molecule has 0 aromatic heterocycles. The van der Waals surface area contributed by atoms with E-state index in [4.69, 9.17) is 4.74 Å². The van der Waals surface area contributed by atoms with Crippen LogP contribution in [0.4, 0.5) is 0 Å². The molecule has 2 fully saturated rings. The van der Waals surface area contributed by atoms with Gasteiger partial charge in [-0.3, -0.25) is 4.79 Å². The van der Waals surface area contributed by atoms with Crippen LogP contribution >= 0.6 is 12.4 Å². The fourth-order valence-corrected chi connectivity index (χ4v) is 3.00. The summed E-state index contributed by atoms with van der Waals surface area (Å²) in [6.07, 6.45) is 0. The largest absolute Gasteiger partial charge is 0.507 e. The fourth-order valence-electron chi connectivity index (χ4n) is 3.00. The number of halogens is 1. The lowest BCUT2D eigenvalue weighted by atomic mass is 10.0. The summed E-state index contributed by atoms with van der Waals surface area (Å²) in [5.41, 5.74) is 0.326. The van der Waals surface area contributed by atoms with Gasteiger partial charge in [0.15, 0.2) is 0 Å². The molecule has 2 N–H and O–H groups in total. The Morgan fingerprint density at radius 1 is 1.35 bits per heavy atom. The summed E-state index contributed by atoms with van der Waals surface area (Å²) >= 11 is 0. The molecule has 0 saturated carbocycles. The number of benzene rings is 1. The van der Waals surface area contributed by atoms with Crippen LogP contribution in [0.2, 0.25) is 0 Å². The van der Waals surface area contributed by atoms with E-state index in [2.05, 4.69) is 5.32 Å². The summed E-state index contributed by atoms with van der Waals surface area (Å²) in [6, 6.07) is 4.75. The zero-order valence-corrected chi connectivity index (χ0v) is 12.2. The Kier molecular flexibility index (Phi) is 4.40. The minimum atomic E-state index is -0.106. The van der Waals surface area contributed by atoms with Gasteiger partial charge in [0.1, 0.15) is 11.5 Å². The SMILES string of the molecule is COc1ccc(O)c(C(=O)N2C[C@H]3CNC[C@H]3C2)c1.Cl. The Balaban J connectivity index is 0.00000147. The summed E-state index contributed by atoms with van der Waals surface area (Å²) in [7, 11) is 1.55. The third-order valence-corrected chi connectivity index (χ3v) is 4.11. The van der Waals surface area contributed by atoms with Crippen LogP contribution in [-0.4, -0.2) is 49.2 Å². The maximum absolute atomic E-state index is 12.5. The van der Waals surface area contributed by atoms with Crippen molar-refractivity contribution in [2.75, 3.05) is 33.3 Å². The molecule has 2 aliphatic rings. The number of amides is 1. The molecule has 20 heavy (non-hydrogen) atoms. The Bertz CT molecular complexity index is 497. The first-order valence-electron chi connectivity index (χ1n) is 6.56. The van der Waals surface area contributed by atoms with Crippen LogP contribution in [0.3, 0.4) is 0 Å². The van der Waals surface area contributed by atoms with Gasteiger partial charge in [0, 0.05) is 26.2 Å². The third kappa shape index (κ3) is 2.55. The van der Waals surface area contributed by atoms with Crippen molar-refractivity contribution in [3.8, 4) is 11.5 Å². The second-order valence-corrected chi connectivity index (χ2v) is 5.27. The Labute approximate surface area is 124 Å². The lowest BCUT2D eigenvalue weighted by molar-refractivity contribution is 0.0778. The van der Waals surface area contributed by atoms with Gasteiger partial charge in [-0.05, 0) is 30.0 Å². The first-order chi connectivity index (χ1) is 9.19. The number of likely N-dealkylation sites (tertiary alicyclic amines) is 1. The summed E-state index contributed by atoms with van der Waals surface area (Å²) < 4.78 is 5.11. The van der Waals surface area contributed by atoms with Crippen molar-refractivity contribution in [3.63, 3.8) is 0 Å². The Morgan fingerprint density at radius 2 is 2.00 bits per heavy atom. The first kappa shape index (κ1) is 14.9. The van der Waals surface area contributed by atoms with E-state index >= 15 is 0 Å². The highest BCUT2D eigenvalue weighted by atomic mass is 35.5. The van der Waals surface area contributed by atoms with Crippen LogP contribution in [0.5, 0.6) is 11.5 Å². The summed E-state index contributed by atoms with van der Waals surface area (Å²) in [6.45, 7) is 3.51. The maximum atomic E-state index is 12.5. The number of ether oxygens (including phenoxy) is 1. The number of fused-ring (bicyclic) bond motifs is 1. The smallest absolute Gasteiger partial charge is 0.257 e. The molecule has 0 aliphatic carbocycles. The molecule has 2 saturated heterocycles. The summed E-state index contributed by atoms with van der Waals surface area (Å²) in [5.74, 6) is 1.60. The lowest BCUT2D eigenvalue weighted by Crippen LogP contribution is -2.31. The molecule has 0 bridgehead atoms. The molecule has 0 spiro atoms. The number of phenols is 1. The monoisotopic (exact) mass is 298 g/mol. The quantitative estimate of drug-likeness (QED) is 0.859. The zero-order valence-electron chi connectivity index (χ0n) is 11.3. The van der Waals surface area contributed by atoms with E-state index in [0.717, 1.165) is 26.2 Å². The van der Waals surface area contributed by atoms with E-state index < -0.39 is 0 Å². The van der Waals surface area contributed by atoms with Crippen molar-refractivity contribution in [1.82, 2.24) is 10.2 Å². The highest BCUT2D eigenvalue weighted by molar-refractivity contribution is 5.97. The number of nitrogens with one attached hydrogen (secondary N) is 1. The molecule has 3 rings (SSSR count). The Hall–Kier alpha value is -1.46. The number of aromatic hydroxyl groups is 1. The second-order valence-electron chi connectivity index (χ2n) is 5.27. The standard InChI is InChI=1S/C14H18N2O3.ClH/c1-19-11-2-3-13(17)12(4-11)14(18)16-7-9-5-15-6-10(9)8-16;/h2-4,9-10,15,17H,5-8H2,1H3;1H/t9-,10+;. The summed E-state index contributed by atoms with van der Waals surface area (Å²) in [4.78, 5) is 14.3. The van der Waals surface area contributed by atoms with E-state index in [1.165, 1.54) is 6.07 Å². The number of phenolic OH excluding ortho intramolecular Hbond substituents is 1. The van der Waals surface area contributed by atoms with E-state index in [1.54, 1.807) is 19.2 Å². The molecule has 110 valence electrons. The topological polar surface area (TPSA) is 61.8 Å². The predicted molar refractivity (Wildman–Crippen MR) is 77.7 cm³/mol. The highest BCUT2D eigenvalue weighted by Crippen LogP contribution is 2.30. The molecular formula is C14H19ClN2O3. The zero-order chi connectivity index (χ0) is 13.4. The van der Waals surface area contributed by atoms with E-state index in [-0.39, 0.29) is 24.1 Å². The van der Waals surface area contributed by atoms with E-state index in [9.17, 15) is 9.90 Å². The molecule has 1 amide bonds. The van der Waals surface area contributed by atoms with Crippen molar-refractivity contribution in [2.24, 2.45) is 11.8 Å². The number of nitrogens with zero attached hydrogens (tertiary/aromatic N) is 1. The Morgan fingerprint density at radius 3 is 2.60 bits per heavy atom. The number of hydrogen-bond donors (Lipinski definition) is 2. The van der Waals surface area contributed by atoms with Crippen LogP contribution < -0.4 is 10.1 Å². The molecule has 2 aliphatic heterocycles. The molecule has 5 nitrogen and oxygen atoms in total. The van der Waals surface area contributed by atoms with E-state index in [0.29, 0.717) is 23.1 Å². The maximum Gasteiger partial charge on any atom is 0.257 e. The van der Waals surface area contributed by atoms with Gasteiger partial charge in [-0.1, -0.05) is 0 Å². The minimum Gasteiger partial charge on any atom is -0.507 e. The molecule has 2 heterocycles. The van der Waals surface area contributed by atoms with Crippen LogP contribution in [0.1, 0.15) is 10.4 Å². The van der Waals surface area contributed by atoms with Crippen molar-refractivity contribution in [2.45, 2.75) is 0 Å². The number of methoxy groups -OCH3 is 1. The van der Waals surface area contributed by atoms with Gasteiger partial charge in [-0.2, -0.15) is 0 Å². The van der Waals surface area contributed by atoms with Gasteiger partial charge >= 0.3 is 0 Å². The van der Waals surface area contributed by atoms with Gasteiger partial charge in [-0.25, -0.2) is 0 Å². The highest BCUT2D eigenvalue weighted by Gasteiger charge is 2.38. The normalized spacial score (nSPS) is 24.1. The molecule has 6 heteroatoms.